The van der Waals surface area contributed by atoms with E-state index < -0.39 is 6.09 Å². The molecule has 26 heavy (non-hydrogen) atoms. The molecule has 0 aliphatic carbocycles. The van der Waals surface area contributed by atoms with Crippen molar-refractivity contribution in [1.29, 1.82) is 0 Å². The lowest BCUT2D eigenvalue weighted by molar-refractivity contribution is 0.139. The molecule has 7 heteroatoms. The maximum absolute atomic E-state index is 13.1. The van der Waals surface area contributed by atoms with Crippen molar-refractivity contribution in [1.82, 2.24) is 14.5 Å². The van der Waals surface area contributed by atoms with Crippen LogP contribution in [0.3, 0.4) is 0 Å². The van der Waals surface area contributed by atoms with Crippen LogP contribution in [0.4, 0.5) is 4.79 Å². The van der Waals surface area contributed by atoms with Crippen LogP contribution in [-0.2, 0) is 19.5 Å². The summed E-state index contributed by atoms with van der Waals surface area (Å²) < 4.78 is 1.61. The molecule has 1 aromatic carbocycles. The predicted octanol–water partition coefficient (Wildman–Crippen LogP) is 3.13. The molecule has 0 bridgehead atoms. The van der Waals surface area contributed by atoms with Crippen LogP contribution in [0.15, 0.2) is 47.4 Å². The fraction of sp³-hybridized carbons (Fsp3) is 0.211. The van der Waals surface area contributed by atoms with Gasteiger partial charge in [0.15, 0.2) is 0 Å². The first-order chi connectivity index (χ1) is 12.5. The number of halogens is 1. The minimum atomic E-state index is -1.01. The van der Waals surface area contributed by atoms with Crippen LogP contribution in [0, 0.1) is 0 Å². The summed E-state index contributed by atoms with van der Waals surface area (Å²) in [5, 5.41) is 10.8. The minimum Gasteiger partial charge on any atom is -0.465 e. The molecule has 3 aromatic rings. The average molecular weight is 370 g/mol. The quantitative estimate of drug-likeness (QED) is 0.753. The molecular weight excluding hydrogens is 354 g/mol. The van der Waals surface area contributed by atoms with Crippen molar-refractivity contribution < 1.29 is 9.90 Å². The largest absolute Gasteiger partial charge is 0.465 e. The van der Waals surface area contributed by atoms with Gasteiger partial charge in [-0.15, -0.1) is 0 Å². The van der Waals surface area contributed by atoms with E-state index in [0.717, 1.165) is 16.5 Å². The van der Waals surface area contributed by atoms with Crippen molar-refractivity contribution in [2.45, 2.75) is 19.5 Å². The first kappa shape index (κ1) is 16.6. The van der Waals surface area contributed by atoms with Crippen molar-refractivity contribution >= 4 is 28.7 Å². The van der Waals surface area contributed by atoms with Gasteiger partial charge in [-0.2, -0.15) is 0 Å². The second-order valence-electron chi connectivity index (χ2n) is 6.30. The van der Waals surface area contributed by atoms with Gasteiger partial charge in [-0.25, -0.2) is 9.78 Å². The van der Waals surface area contributed by atoms with E-state index in [1.807, 2.05) is 24.3 Å². The number of benzene rings is 1. The van der Waals surface area contributed by atoms with Gasteiger partial charge in [0, 0.05) is 28.7 Å². The molecule has 0 atom stereocenters. The van der Waals surface area contributed by atoms with Gasteiger partial charge in [0.2, 0.25) is 0 Å². The minimum absolute atomic E-state index is 0.106. The van der Waals surface area contributed by atoms with Gasteiger partial charge in [0.05, 0.1) is 13.1 Å². The zero-order valence-corrected chi connectivity index (χ0v) is 14.6. The van der Waals surface area contributed by atoms with E-state index in [2.05, 4.69) is 4.98 Å². The van der Waals surface area contributed by atoms with Gasteiger partial charge >= 0.3 is 6.09 Å². The number of pyridine rings is 2. The van der Waals surface area contributed by atoms with Crippen molar-refractivity contribution in [3.8, 4) is 0 Å². The van der Waals surface area contributed by atoms with E-state index in [1.165, 1.54) is 4.90 Å². The van der Waals surface area contributed by atoms with Crippen LogP contribution in [0.2, 0.25) is 5.02 Å². The number of carboxylic acid groups (broad SMARTS) is 1. The van der Waals surface area contributed by atoms with Gasteiger partial charge in [-0.3, -0.25) is 9.36 Å². The fourth-order valence-electron chi connectivity index (χ4n) is 3.45. The zero-order chi connectivity index (χ0) is 18.3. The highest BCUT2D eigenvalue weighted by atomic mass is 35.5. The zero-order valence-electron chi connectivity index (χ0n) is 13.9. The summed E-state index contributed by atoms with van der Waals surface area (Å²) >= 11 is 5.94. The Morgan fingerprint density at radius 3 is 2.69 bits per heavy atom. The topological polar surface area (TPSA) is 75.4 Å². The molecular formula is C19H16ClN3O3. The monoisotopic (exact) mass is 369 g/mol. The summed E-state index contributed by atoms with van der Waals surface area (Å²) in [6.07, 6.45) is 1.17. The highest BCUT2D eigenvalue weighted by molar-refractivity contribution is 6.30. The van der Waals surface area contributed by atoms with Crippen LogP contribution in [-0.4, -0.2) is 32.2 Å². The van der Waals surface area contributed by atoms with E-state index in [9.17, 15) is 14.7 Å². The highest BCUT2D eigenvalue weighted by Gasteiger charge is 2.26. The van der Waals surface area contributed by atoms with Crippen molar-refractivity contribution in [2.75, 3.05) is 6.54 Å². The molecule has 0 saturated heterocycles. The summed E-state index contributed by atoms with van der Waals surface area (Å²) in [5.74, 6) is 0. The molecule has 1 amide bonds. The summed E-state index contributed by atoms with van der Waals surface area (Å²) in [5.41, 5.74) is 2.80. The van der Waals surface area contributed by atoms with E-state index >= 15 is 0 Å². The number of hydrogen-bond acceptors (Lipinski definition) is 3. The lowest BCUT2D eigenvalue weighted by Crippen LogP contribution is -2.40. The van der Waals surface area contributed by atoms with E-state index in [4.69, 9.17) is 11.6 Å². The maximum atomic E-state index is 13.1. The molecule has 1 aliphatic heterocycles. The third-order valence-electron chi connectivity index (χ3n) is 4.74. The Morgan fingerprint density at radius 1 is 1.19 bits per heavy atom. The molecule has 2 aromatic heterocycles. The molecule has 0 spiro atoms. The molecule has 0 unspecified atom stereocenters. The van der Waals surface area contributed by atoms with E-state index in [0.29, 0.717) is 35.7 Å². The van der Waals surface area contributed by atoms with Gasteiger partial charge < -0.3 is 10.0 Å². The van der Waals surface area contributed by atoms with Crippen LogP contribution in [0.1, 0.15) is 16.7 Å². The number of nitrogens with zero attached hydrogens (tertiary/aromatic N) is 3. The Hall–Kier alpha value is -2.86. The fourth-order valence-corrected chi connectivity index (χ4v) is 3.57. The number of carbonyl (C=O) groups is 1. The first-order valence-corrected chi connectivity index (χ1v) is 8.64. The van der Waals surface area contributed by atoms with Gasteiger partial charge in [0.25, 0.3) is 5.56 Å². The predicted molar refractivity (Wildman–Crippen MR) is 98.7 cm³/mol. The number of hydrogen-bond donors (Lipinski definition) is 1. The second kappa shape index (κ2) is 6.46. The molecule has 0 radical (unpaired) electrons. The Balaban J connectivity index is 1.89. The lowest BCUT2D eigenvalue weighted by Gasteiger charge is -2.27. The van der Waals surface area contributed by atoms with E-state index in [1.54, 1.807) is 22.9 Å². The van der Waals surface area contributed by atoms with E-state index in [-0.39, 0.29) is 12.1 Å². The van der Waals surface area contributed by atoms with Gasteiger partial charge in [-0.05, 0) is 41.8 Å². The molecule has 132 valence electrons. The molecule has 3 heterocycles. The number of aromatic nitrogens is 2. The van der Waals surface area contributed by atoms with Crippen molar-refractivity contribution in [3.63, 3.8) is 0 Å². The Labute approximate surface area is 154 Å². The smallest absolute Gasteiger partial charge is 0.407 e. The Morgan fingerprint density at radius 2 is 1.96 bits per heavy atom. The standard InChI is InChI=1S/C19H16ClN3O3/c20-13-5-3-12(4-6-13)10-23-17-15(2-1-8-21-17)14-7-9-22(19(25)26)11-16(14)18(23)24/h1-6,8H,7,9-11H2,(H,25,26). The third-order valence-corrected chi connectivity index (χ3v) is 4.99. The number of fused-ring (bicyclic) bond motifs is 3. The maximum Gasteiger partial charge on any atom is 0.407 e. The summed E-state index contributed by atoms with van der Waals surface area (Å²) in [6, 6.07) is 11.1. The van der Waals surface area contributed by atoms with Gasteiger partial charge in [0.1, 0.15) is 5.65 Å². The van der Waals surface area contributed by atoms with Crippen molar-refractivity contribution in [2.24, 2.45) is 0 Å². The molecule has 4 rings (SSSR count). The summed E-state index contributed by atoms with van der Waals surface area (Å²) in [6.45, 7) is 0.839. The highest BCUT2D eigenvalue weighted by Crippen LogP contribution is 2.24. The van der Waals surface area contributed by atoms with Crippen molar-refractivity contribution in [3.05, 3.63) is 74.7 Å². The second-order valence-corrected chi connectivity index (χ2v) is 6.74. The van der Waals surface area contributed by atoms with Crippen LogP contribution < -0.4 is 5.56 Å². The Kier molecular flexibility index (Phi) is 4.12. The molecule has 1 N–H and O–H groups in total. The molecule has 1 aliphatic rings. The summed E-state index contributed by atoms with van der Waals surface area (Å²) in [4.78, 5) is 30.2. The first-order valence-electron chi connectivity index (χ1n) is 8.26. The van der Waals surface area contributed by atoms with Gasteiger partial charge in [-0.1, -0.05) is 23.7 Å². The number of rotatable bonds is 2. The SMILES string of the molecule is O=C(O)N1CCc2c(c(=O)n(Cc3ccc(Cl)cc3)c3ncccc23)C1. The lowest BCUT2D eigenvalue weighted by atomic mass is 9.97. The van der Waals surface area contributed by atoms with Crippen LogP contribution in [0.5, 0.6) is 0 Å². The molecule has 0 fully saturated rings. The molecule has 6 nitrogen and oxygen atoms in total. The third kappa shape index (κ3) is 2.82. The number of amides is 1. The average Bonchev–Trinajstić information content (AvgIpc) is 2.66. The Bertz CT molecular complexity index is 1060. The summed E-state index contributed by atoms with van der Waals surface area (Å²) in [7, 11) is 0. The van der Waals surface area contributed by atoms with Crippen LogP contribution >= 0.6 is 11.6 Å². The molecule has 0 saturated carbocycles. The normalized spacial score (nSPS) is 13.7. The van der Waals surface area contributed by atoms with Crippen LogP contribution in [0.25, 0.3) is 11.0 Å².